The molecule has 0 saturated heterocycles. The minimum absolute atomic E-state index is 0. The molecule has 1 aromatic carbocycles. The minimum Gasteiger partial charge on any atom is -0.508 e. The largest absolute Gasteiger partial charge is 0.508 e. The van der Waals surface area contributed by atoms with E-state index < -0.39 is 0 Å². The van der Waals surface area contributed by atoms with E-state index in [0.717, 1.165) is 13.0 Å². The first-order valence-electron chi connectivity index (χ1n) is 4.96. The summed E-state index contributed by atoms with van der Waals surface area (Å²) in [6.07, 6.45) is 1.32. The lowest BCUT2D eigenvalue weighted by atomic mass is 10.2. The van der Waals surface area contributed by atoms with Gasteiger partial charge < -0.3 is 15.7 Å². The van der Waals surface area contributed by atoms with E-state index in [0.29, 0.717) is 12.1 Å². The first-order valence-corrected chi connectivity index (χ1v) is 4.96. The van der Waals surface area contributed by atoms with Gasteiger partial charge in [0.05, 0.1) is 0 Å². The smallest absolute Gasteiger partial charge is 0.224 e. The van der Waals surface area contributed by atoms with E-state index in [2.05, 4.69) is 10.6 Å². The number of benzene rings is 1. The molecule has 3 N–H and O–H groups in total. The number of phenols is 1. The number of phenolic OH excluding ortho intramolecular Hbond substituents is 1. The van der Waals surface area contributed by atoms with Crippen molar-refractivity contribution in [2.75, 3.05) is 18.9 Å². The third-order valence-corrected chi connectivity index (χ3v) is 1.98. The summed E-state index contributed by atoms with van der Waals surface area (Å²) in [7, 11) is 1.86. The monoisotopic (exact) mass is 244 g/mol. The molecule has 0 aliphatic rings. The zero-order valence-corrected chi connectivity index (χ0v) is 10.0. The molecule has 0 spiro atoms. The van der Waals surface area contributed by atoms with Gasteiger partial charge in [-0.25, -0.2) is 0 Å². The van der Waals surface area contributed by atoms with E-state index >= 15 is 0 Å². The standard InChI is InChI=1S/C11H16N2O2.ClH/c1-12-8-2-3-11(15)13-9-4-6-10(14)7-5-9;/h4-7,12,14H,2-3,8H2,1H3,(H,13,15);1H. The lowest BCUT2D eigenvalue weighted by molar-refractivity contribution is -0.116. The van der Waals surface area contributed by atoms with Crippen molar-refractivity contribution in [2.45, 2.75) is 12.8 Å². The number of carbonyl (C=O) groups is 1. The average molecular weight is 245 g/mol. The summed E-state index contributed by atoms with van der Waals surface area (Å²) in [6, 6.07) is 6.43. The van der Waals surface area contributed by atoms with Gasteiger partial charge in [-0.05, 0) is 44.3 Å². The summed E-state index contributed by atoms with van der Waals surface area (Å²) in [5.41, 5.74) is 0.710. The molecule has 0 unspecified atom stereocenters. The molecule has 16 heavy (non-hydrogen) atoms. The molecule has 5 heteroatoms. The van der Waals surface area contributed by atoms with Crippen LogP contribution in [0.2, 0.25) is 0 Å². The Hall–Kier alpha value is -1.26. The highest BCUT2D eigenvalue weighted by Gasteiger charge is 2.01. The van der Waals surface area contributed by atoms with Crippen LogP contribution in [0.5, 0.6) is 5.75 Å². The van der Waals surface area contributed by atoms with Crippen LogP contribution >= 0.6 is 12.4 Å². The summed E-state index contributed by atoms with van der Waals surface area (Å²) >= 11 is 0. The molecule has 0 saturated carbocycles. The van der Waals surface area contributed by atoms with Crippen LogP contribution in [0.15, 0.2) is 24.3 Å². The van der Waals surface area contributed by atoms with E-state index in [9.17, 15) is 4.79 Å². The van der Waals surface area contributed by atoms with Gasteiger partial charge in [-0.1, -0.05) is 0 Å². The number of halogens is 1. The lowest BCUT2D eigenvalue weighted by Crippen LogP contribution is -2.15. The van der Waals surface area contributed by atoms with Crippen molar-refractivity contribution in [1.82, 2.24) is 5.32 Å². The number of amides is 1. The zero-order chi connectivity index (χ0) is 11.1. The number of hydrogen-bond acceptors (Lipinski definition) is 3. The number of anilines is 1. The Morgan fingerprint density at radius 3 is 2.50 bits per heavy atom. The van der Waals surface area contributed by atoms with Gasteiger partial charge >= 0.3 is 0 Å². The van der Waals surface area contributed by atoms with Crippen LogP contribution in [0.25, 0.3) is 0 Å². The van der Waals surface area contributed by atoms with Crippen molar-refractivity contribution in [3.05, 3.63) is 24.3 Å². The molecule has 1 rings (SSSR count). The fourth-order valence-corrected chi connectivity index (χ4v) is 1.19. The second kappa shape index (κ2) is 7.96. The van der Waals surface area contributed by atoms with Crippen molar-refractivity contribution >= 4 is 24.0 Å². The van der Waals surface area contributed by atoms with Crippen LogP contribution in [-0.2, 0) is 4.79 Å². The van der Waals surface area contributed by atoms with E-state index in [1.165, 1.54) is 0 Å². The first-order chi connectivity index (χ1) is 7.22. The fraction of sp³-hybridized carbons (Fsp3) is 0.364. The van der Waals surface area contributed by atoms with Gasteiger partial charge in [0.1, 0.15) is 5.75 Å². The molecule has 0 radical (unpaired) electrons. The second-order valence-corrected chi connectivity index (χ2v) is 3.30. The van der Waals surface area contributed by atoms with E-state index in [1.54, 1.807) is 24.3 Å². The summed E-state index contributed by atoms with van der Waals surface area (Å²) < 4.78 is 0. The van der Waals surface area contributed by atoms with Gasteiger partial charge in [0.25, 0.3) is 0 Å². The quantitative estimate of drug-likeness (QED) is 0.546. The van der Waals surface area contributed by atoms with Gasteiger partial charge in [-0.3, -0.25) is 4.79 Å². The maximum atomic E-state index is 11.4. The molecule has 1 amide bonds. The predicted octanol–water partition coefficient (Wildman–Crippen LogP) is 1.75. The molecule has 0 fully saturated rings. The van der Waals surface area contributed by atoms with Crippen LogP contribution in [0.3, 0.4) is 0 Å². The second-order valence-electron chi connectivity index (χ2n) is 3.30. The molecule has 0 heterocycles. The zero-order valence-electron chi connectivity index (χ0n) is 9.19. The molecule has 4 nitrogen and oxygen atoms in total. The van der Waals surface area contributed by atoms with Crippen LogP contribution < -0.4 is 10.6 Å². The Balaban J connectivity index is 0.00000225. The Kier molecular flexibility index (Phi) is 7.33. The molecule has 0 bridgehead atoms. The average Bonchev–Trinajstić information content (AvgIpc) is 2.22. The molecule has 0 aromatic heterocycles. The highest BCUT2D eigenvalue weighted by molar-refractivity contribution is 5.90. The number of carbonyl (C=O) groups excluding carboxylic acids is 1. The maximum absolute atomic E-state index is 11.4. The maximum Gasteiger partial charge on any atom is 0.224 e. The molecule has 1 aromatic rings. The first kappa shape index (κ1) is 14.7. The number of aromatic hydroxyl groups is 1. The van der Waals surface area contributed by atoms with Crippen molar-refractivity contribution in [3.8, 4) is 5.75 Å². The number of hydrogen-bond donors (Lipinski definition) is 3. The van der Waals surface area contributed by atoms with Crippen molar-refractivity contribution < 1.29 is 9.90 Å². The third-order valence-electron chi connectivity index (χ3n) is 1.98. The lowest BCUT2D eigenvalue weighted by Gasteiger charge is -2.04. The molecular formula is C11H17ClN2O2. The van der Waals surface area contributed by atoms with Crippen molar-refractivity contribution in [2.24, 2.45) is 0 Å². The summed E-state index contributed by atoms with van der Waals surface area (Å²) in [6.45, 7) is 0.836. The normalized spacial score (nSPS) is 9.31. The van der Waals surface area contributed by atoms with Crippen LogP contribution in [0.1, 0.15) is 12.8 Å². The Labute approximate surface area is 101 Å². The topological polar surface area (TPSA) is 61.4 Å². The van der Waals surface area contributed by atoms with Gasteiger partial charge in [-0.2, -0.15) is 0 Å². The van der Waals surface area contributed by atoms with Gasteiger partial charge in [-0.15, -0.1) is 12.4 Å². The summed E-state index contributed by atoms with van der Waals surface area (Å²) in [5, 5.41) is 14.8. The highest BCUT2D eigenvalue weighted by atomic mass is 35.5. The Morgan fingerprint density at radius 2 is 1.94 bits per heavy atom. The van der Waals surface area contributed by atoms with Gasteiger partial charge in [0.15, 0.2) is 0 Å². The van der Waals surface area contributed by atoms with E-state index in [-0.39, 0.29) is 24.1 Å². The fourth-order valence-electron chi connectivity index (χ4n) is 1.19. The molecule has 0 atom stereocenters. The number of rotatable bonds is 5. The minimum atomic E-state index is -0.00376. The molecule has 0 aliphatic heterocycles. The van der Waals surface area contributed by atoms with Crippen LogP contribution in [0.4, 0.5) is 5.69 Å². The summed E-state index contributed by atoms with van der Waals surface area (Å²) in [4.78, 5) is 11.4. The van der Waals surface area contributed by atoms with Crippen LogP contribution in [-0.4, -0.2) is 24.6 Å². The molecular weight excluding hydrogens is 228 g/mol. The van der Waals surface area contributed by atoms with E-state index in [1.807, 2.05) is 7.05 Å². The van der Waals surface area contributed by atoms with E-state index in [4.69, 9.17) is 5.11 Å². The molecule has 0 aliphatic carbocycles. The van der Waals surface area contributed by atoms with Gasteiger partial charge in [0.2, 0.25) is 5.91 Å². The number of nitrogens with one attached hydrogen (secondary N) is 2. The predicted molar refractivity (Wildman–Crippen MR) is 67.1 cm³/mol. The molecule has 90 valence electrons. The SMILES string of the molecule is CNCCCC(=O)Nc1ccc(O)cc1.Cl. The Bertz CT molecular complexity index is 314. The highest BCUT2D eigenvalue weighted by Crippen LogP contribution is 2.13. The summed E-state index contributed by atoms with van der Waals surface area (Å²) in [5.74, 6) is 0.194. The third kappa shape index (κ3) is 5.58. The Morgan fingerprint density at radius 1 is 1.31 bits per heavy atom. The van der Waals surface area contributed by atoms with Gasteiger partial charge in [0, 0.05) is 12.1 Å². The van der Waals surface area contributed by atoms with Crippen molar-refractivity contribution in [1.29, 1.82) is 0 Å². The van der Waals surface area contributed by atoms with Crippen molar-refractivity contribution in [3.63, 3.8) is 0 Å². The van der Waals surface area contributed by atoms with Crippen LogP contribution in [0, 0.1) is 0 Å².